The van der Waals surface area contributed by atoms with E-state index in [1.165, 1.54) is 24.3 Å². The third-order valence-electron chi connectivity index (χ3n) is 2.73. The van der Waals surface area contributed by atoms with Gasteiger partial charge in [-0.15, -0.1) is 0 Å². The third-order valence-corrected chi connectivity index (χ3v) is 2.73. The maximum atomic E-state index is 10.3. The monoisotopic (exact) mass is 556 g/mol. The van der Waals surface area contributed by atoms with Crippen LogP contribution in [0.25, 0.3) is 0 Å². The Balaban J connectivity index is 0. The van der Waals surface area contributed by atoms with E-state index >= 15 is 0 Å². The van der Waals surface area contributed by atoms with Crippen LogP contribution in [-0.2, 0) is 54.6 Å². The van der Waals surface area contributed by atoms with Gasteiger partial charge in [0.2, 0.25) is 0 Å². The van der Waals surface area contributed by atoms with Gasteiger partial charge in [-0.1, -0.05) is 48.5 Å². The van der Waals surface area contributed by atoms with E-state index in [1.807, 2.05) is 0 Å². The molecular formula is C16H8Cd2O8. The summed E-state index contributed by atoms with van der Waals surface area (Å²) in [6.45, 7) is 0. The van der Waals surface area contributed by atoms with Crippen LogP contribution in [0.2, 0.25) is 0 Å². The number of carboxylic acid groups (broad SMARTS) is 4. The largest absolute Gasteiger partial charge is 2.00 e. The number of benzene rings is 2. The van der Waals surface area contributed by atoms with Crippen LogP contribution < -0.4 is 20.4 Å². The Bertz CT molecular complexity index is 671. The van der Waals surface area contributed by atoms with Gasteiger partial charge in [-0.3, -0.25) is 0 Å². The second kappa shape index (κ2) is 12.5. The Kier molecular flexibility index (Phi) is 12.7. The first-order valence-electron chi connectivity index (χ1n) is 6.29. The molecule has 0 spiro atoms. The molecule has 0 fully saturated rings. The number of carbonyl (C=O) groups is 4. The molecule has 0 N–H and O–H groups in total. The Morgan fingerprint density at radius 3 is 0.731 bits per heavy atom. The van der Waals surface area contributed by atoms with Crippen LogP contribution in [0.1, 0.15) is 41.4 Å². The van der Waals surface area contributed by atoms with Gasteiger partial charge in [0.15, 0.2) is 0 Å². The number of hydrogen-bond acceptors (Lipinski definition) is 8. The minimum atomic E-state index is -1.52. The van der Waals surface area contributed by atoms with E-state index in [2.05, 4.69) is 0 Å². The smallest absolute Gasteiger partial charge is 0.545 e. The molecule has 2 rings (SSSR count). The maximum Gasteiger partial charge on any atom is 2.00 e. The molecule has 10 heteroatoms. The van der Waals surface area contributed by atoms with Gasteiger partial charge in [-0.05, 0) is 0 Å². The standard InChI is InChI=1S/2C8H6O4.2Cd/c2*9-7(10)5-3-1-2-4-6(5)8(11)12;;/h2*1-4H,(H,9,10)(H,11,12);;/q;;2*+2/p-4. The van der Waals surface area contributed by atoms with Gasteiger partial charge in [-0.2, -0.15) is 0 Å². The van der Waals surface area contributed by atoms with Crippen LogP contribution in [0, 0.1) is 0 Å². The average Bonchev–Trinajstić information content (AvgIpc) is 2.55. The second-order valence-electron chi connectivity index (χ2n) is 4.24. The molecule has 124 valence electrons. The molecule has 8 nitrogen and oxygen atoms in total. The van der Waals surface area contributed by atoms with Crippen molar-refractivity contribution in [2.24, 2.45) is 0 Å². The predicted molar refractivity (Wildman–Crippen MR) is 70.2 cm³/mol. The Labute approximate surface area is 187 Å². The van der Waals surface area contributed by atoms with Crippen LogP contribution in [0.4, 0.5) is 0 Å². The van der Waals surface area contributed by atoms with E-state index in [-0.39, 0.29) is 76.9 Å². The van der Waals surface area contributed by atoms with Crippen molar-refractivity contribution in [3.63, 3.8) is 0 Å². The molecule has 2 aromatic carbocycles. The van der Waals surface area contributed by atoms with Crippen molar-refractivity contribution < 1.29 is 94.2 Å². The van der Waals surface area contributed by atoms with E-state index < -0.39 is 23.9 Å². The number of aromatic carboxylic acids is 4. The second-order valence-corrected chi connectivity index (χ2v) is 4.24. The van der Waals surface area contributed by atoms with Crippen molar-refractivity contribution in [3.05, 3.63) is 70.8 Å². The summed E-state index contributed by atoms with van der Waals surface area (Å²) in [5.41, 5.74) is -1.45. The van der Waals surface area contributed by atoms with Crippen LogP contribution in [0.5, 0.6) is 0 Å². The topological polar surface area (TPSA) is 161 Å². The molecule has 2 aromatic rings. The normalized spacial score (nSPS) is 8.62. The maximum absolute atomic E-state index is 10.3. The van der Waals surface area contributed by atoms with E-state index in [0.717, 1.165) is 24.3 Å². The fourth-order valence-electron chi connectivity index (χ4n) is 1.68. The summed E-state index contributed by atoms with van der Waals surface area (Å²) in [6.07, 6.45) is 0. The average molecular weight is 553 g/mol. The zero-order valence-corrected chi connectivity index (χ0v) is 21.4. The summed E-state index contributed by atoms with van der Waals surface area (Å²) in [7, 11) is 0. The fraction of sp³-hybridized carbons (Fsp3) is 0. The van der Waals surface area contributed by atoms with Crippen molar-refractivity contribution in [1.82, 2.24) is 0 Å². The number of carboxylic acids is 4. The first-order chi connectivity index (χ1) is 11.3. The van der Waals surface area contributed by atoms with Gasteiger partial charge in [0.05, 0.1) is 23.9 Å². The summed E-state index contributed by atoms with van der Waals surface area (Å²) in [4.78, 5) is 41.3. The number of rotatable bonds is 4. The van der Waals surface area contributed by atoms with Crippen LogP contribution in [0.3, 0.4) is 0 Å². The zero-order valence-electron chi connectivity index (χ0n) is 13.3. The molecule has 0 bridgehead atoms. The summed E-state index contributed by atoms with van der Waals surface area (Å²) in [5.74, 6) is -6.07. The Hall–Kier alpha value is -1.84. The molecule has 0 aliphatic rings. The molecule has 0 aliphatic heterocycles. The van der Waals surface area contributed by atoms with E-state index in [4.69, 9.17) is 0 Å². The van der Waals surface area contributed by atoms with Crippen molar-refractivity contribution in [2.75, 3.05) is 0 Å². The first kappa shape index (κ1) is 26.4. The van der Waals surface area contributed by atoms with Crippen LogP contribution >= 0.6 is 0 Å². The molecular weight excluding hydrogens is 545 g/mol. The van der Waals surface area contributed by atoms with Crippen LogP contribution in [-0.4, -0.2) is 23.9 Å². The van der Waals surface area contributed by atoms with Gasteiger partial charge < -0.3 is 39.6 Å². The quantitative estimate of drug-likeness (QED) is 0.359. The molecule has 0 aliphatic carbocycles. The molecule has 0 amide bonds. The first-order valence-corrected chi connectivity index (χ1v) is 6.29. The molecule has 0 saturated heterocycles. The van der Waals surface area contributed by atoms with Gasteiger partial charge in [0.1, 0.15) is 0 Å². The summed E-state index contributed by atoms with van der Waals surface area (Å²) in [6, 6.07) is 10.3. The molecule has 0 saturated carbocycles. The van der Waals surface area contributed by atoms with E-state index in [0.29, 0.717) is 0 Å². The summed E-state index contributed by atoms with van der Waals surface area (Å²) in [5, 5.41) is 41.3. The van der Waals surface area contributed by atoms with Crippen molar-refractivity contribution in [2.45, 2.75) is 0 Å². The predicted octanol–water partition coefficient (Wildman–Crippen LogP) is -3.18. The SMILES string of the molecule is O=C([O-])c1ccccc1C(=O)[O-].O=C([O-])c1ccccc1C(=O)[O-].[Cd+2].[Cd+2]. The minimum Gasteiger partial charge on any atom is -0.545 e. The molecule has 0 unspecified atom stereocenters. The molecule has 0 heterocycles. The zero-order chi connectivity index (χ0) is 18.3. The fourth-order valence-corrected chi connectivity index (χ4v) is 1.68. The van der Waals surface area contributed by atoms with E-state index in [9.17, 15) is 39.6 Å². The Morgan fingerprint density at radius 1 is 0.462 bits per heavy atom. The summed E-state index contributed by atoms with van der Waals surface area (Å²) < 4.78 is 0. The van der Waals surface area contributed by atoms with Crippen molar-refractivity contribution >= 4 is 23.9 Å². The van der Waals surface area contributed by atoms with Gasteiger partial charge in [0.25, 0.3) is 0 Å². The van der Waals surface area contributed by atoms with Gasteiger partial charge in [-0.25, -0.2) is 0 Å². The van der Waals surface area contributed by atoms with Crippen molar-refractivity contribution in [1.29, 1.82) is 0 Å². The molecule has 0 aromatic heterocycles. The number of hydrogen-bond donors (Lipinski definition) is 0. The number of carbonyl (C=O) groups excluding carboxylic acids is 4. The third kappa shape index (κ3) is 7.59. The van der Waals surface area contributed by atoms with Gasteiger partial charge in [0, 0.05) is 22.3 Å². The molecule has 0 radical (unpaired) electrons. The summed E-state index contributed by atoms with van der Waals surface area (Å²) >= 11 is 0. The van der Waals surface area contributed by atoms with Crippen LogP contribution in [0.15, 0.2) is 48.5 Å². The van der Waals surface area contributed by atoms with Crippen molar-refractivity contribution in [3.8, 4) is 0 Å². The van der Waals surface area contributed by atoms with Gasteiger partial charge >= 0.3 is 54.6 Å². The molecule has 26 heavy (non-hydrogen) atoms. The Morgan fingerprint density at radius 2 is 0.615 bits per heavy atom. The minimum absolute atomic E-state index is 0. The molecule has 0 atom stereocenters. The van der Waals surface area contributed by atoms with E-state index in [1.54, 1.807) is 0 Å².